The number of hydrogen-bond donors (Lipinski definition) is 3. The van der Waals surface area contributed by atoms with Crippen LogP contribution in [0, 0.1) is 5.92 Å². The number of carboxylic acid groups (broad SMARTS) is 1. The van der Waals surface area contributed by atoms with Crippen molar-refractivity contribution in [3.63, 3.8) is 0 Å². The Morgan fingerprint density at radius 1 is 1.37 bits per heavy atom. The van der Waals surface area contributed by atoms with E-state index in [4.69, 9.17) is 9.84 Å². The molecule has 1 saturated heterocycles. The van der Waals surface area contributed by atoms with Crippen LogP contribution in [0.1, 0.15) is 40.0 Å². The quantitative estimate of drug-likeness (QED) is 0.681. The maximum absolute atomic E-state index is 11.8. The summed E-state index contributed by atoms with van der Waals surface area (Å²) in [6.07, 6.45) is 2.65. The first kappa shape index (κ1) is 15.8. The maximum Gasteiger partial charge on any atom is 0.326 e. The zero-order chi connectivity index (χ0) is 14.4. The van der Waals surface area contributed by atoms with Gasteiger partial charge in [0.15, 0.2) is 0 Å². The van der Waals surface area contributed by atoms with Crippen molar-refractivity contribution in [3.8, 4) is 0 Å². The molecule has 3 N–H and O–H groups in total. The van der Waals surface area contributed by atoms with Gasteiger partial charge in [-0.2, -0.15) is 0 Å². The summed E-state index contributed by atoms with van der Waals surface area (Å²) in [6.45, 7) is 6.30. The van der Waals surface area contributed by atoms with Gasteiger partial charge in [0.25, 0.3) is 0 Å². The molecule has 1 heterocycles. The normalized spacial score (nSPS) is 23.4. The van der Waals surface area contributed by atoms with E-state index in [1.807, 2.05) is 20.8 Å². The van der Waals surface area contributed by atoms with E-state index in [1.54, 1.807) is 0 Å². The average molecular weight is 272 g/mol. The standard InChI is InChI=1S/C13H24N2O4/c1-4-8(2)11(12(16)17)15-13(18)14-9(3)10-6-5-7-19-10/h8-11H,4-7H2,1-3H3,(H,16,17)(H2,14,15,18)/t8-,9?,10?,11-/m0/s1. The van der Waals surface area contributed by atoms with Crippen LogP contribution in [0.2, 0.25) is 0 Å². The Morgan fingerprint density at radius 2 is 2.05 bits per heavy atom. The molecule has 0 bridgehead atoms. The number of hydrogen-bond acceptors (Lipinski definition) is 3. The van der Waals surface area contributed by atoms with Gasteiger partial charge in [-0.1, -0.05) is 20.3 Å². The smallest absolute Gasteiger partial charge is 0.326 e. The van der Waals surface area contributed by atoms with Crippen molar-refractivity contribution in [1.82, 2.24) is 10.6 Å². The van der Waals surface area contributed by atoms with Gasteiger partial charge in [-0.25, -0.2) is 9.59 Å². The van der Waals surface area contributed by atoms with Crippen molar-refractivity contribution in [2.24, 2.45) is 5.92 Å². The largest absolute Gasteiger partial charge is 0.480 e. The van der Waals surface area contributed by atoms with Crippen molar-refractivity contribution in [3.05, 3.63) is 0 Å². The minimum Gasteiger partial charge on any atom is -0.480 e. The third-order valence-corrected chi connectivity index (χ3v) is 3.65. The van der Waals surface area contributed by atoms with Crippen LogP contribution in [0.3, 0.4) is 0 Å². The van der Waals surface area contributed by atoms with E-state index in [2.05, 4.69) is 10.6 Å². The highest BCUT2D eigenvalue weighted by molar-refractivity contribution is 5.82. The first-order chi connectivity index (χ1) is 8.95. The summed E-state index contributed by atoms with van der Waals surface area (Å²) in [7, 11) is 0. The number of nitrogens with one attached hydrogen (secondary N) is 2. The Kier molecular flexibility index (Phi) is 6.08. The minimum absolute atomic E-state index is 0.0256. The topological polar surface area (TPSA) is 87.7 Å². The first-order valence-corrected chi connectivity index (χ1v) is 6.87. The first-order valence-electron chi connectivity index (χ1n) is 6.87. The van der Waals surface area contributed by atoms with Crippen LogP contribution in [0.15, 0.2) is 0 Å². The SMILES string of the molecule is CC[C@H](C)[C@H](NC(=O)NC(C)C1CCCO1)C(=O)O. The lowest BCUT2D eigenvalue weighted by molar-refractivity contribution is -0.140. The number of urea groups is 1. The molecule has 0 spiro atoms. The molecule has 110 valence electrons. The Balaban J connectivity index is 2.45. The van der Waals surface area contributed by atoms with E-state index in [-0.39, 0.29) is 18.1 Å². The Morgan fingerprint density at radius 3 is 2.53 bits per heavy atom. The highest BCUT2D eigenvalue weighted by Crippen LogP contribution is 2.15. The second-order valence-electron chi connectivity index (χ2n) is 5.16. The van der Waals surface area contributed by atoms with Gasteiger partial charge in [-0.3, -0.25) is 0 Å². The summed E-state index contributed by atoms with van der Waals surface area (Å²) in [5.74, 6) is -1.12. The van der Waals surface area contributed by atoms with Crippen LogP contribution in [-0.2, 0) is 9.53 Å². The molecule has 0 aromatic heterocycles. The Labute approximate surface area is 113 Å². The number of carbonyl (C=O) groups excluding carboxylic acids is 1. The minimum atomic E-state index is -1.01. The Hall–Kier alpha value is -1.30. The van der Waals surface area contributed by atoms with Gasteiger partial charge in [0.2, 0.25) is 0 Å². The second-order valence-corrected chi connectivity index (χ2v) is 5.16. The van der Waals surface area contributed by atoms with Gasteiger partial charge in [0, 0.05) is 6.61 Å². The molecule has 0 saturated carbocycles. The second kappa shape index (κ2) is 7.33. The molecule has 4 atom stereocenters. The van der Waals surface area contributed by atoms with Crippen molar-refractivity contribution in [2.45, 2.75) is 58.2 Å². The number of rotatable bonds is 6. The molecular weight excluding hydrogens is 248 g/mol. The van der Waals surface area contributed by atoms with E-state index in [0.29, 0.717) is 6.42 Å². The fourth-order valence-corrected chi connectivity index (χ4v) is 2.16. The molecule has 19 heavy (non-hydrogen) atoms. The fourth-order valence-electron chi connectivity index (χ4n) is 2.16. The summed E-state index contributed by atoms with van der Waals surface area (Å²) < 4.78 is 5.48. The summed E-state index contributed by atoms with van der Waals surface area (Å²) in [5.41, 5.74) is 0. The zero-order valence-corrected chi connectivity index (χ0v) is 11.8. The van der Waals surface area contributed by atoms with Crippen molar-refractivity contribution >= 4 is 12.0 Å². The third kappa shape index (κ3) is 4.70. The van der Waals surface area contributed by atoms with Crippen LogP contribution in [0.25, 0.3) is 0 Å². The number of carboxylic acids is 1. The van der Waals surface area contributed by atoms with Crippen LogP contribution in [0.4, 0.5) is 4.79 Å². The number of ether oxygens (including phenoxy) is 1. The predicted molar refractivity (Wildman–Crippen MR) is 71.0 cm³/mol. The molecule has 6 nitrogen and oxygen atoms in total. The lowest BCUT2D eigenvalue weighted by Crippen LogP contribution is -2.52. The zero-order valence-electron chi connectivity index (χ0n) is 11.8. The molecule has 0 aromatic rings. The van der Waals surface area contributed by atoms with Crippen LogP contribution in [-0.4, -0.2) is 41.9 Å². The fraction of sp³-hybridized carbons (Fsp3) is 0.846. The summed E-state index contributed by atoms with van der Waals surface area (Å²) >= 11 is 0. The molecule has 1 fully saturated rings. The summed E-state index contributed by atoms with van der Waals surface area (Å²) in [6, 6.07) is -1.42. The van der Waals surface area contributed by atoms with Gasteiger partial charge < -0.3 is 20.5 Å². The summed E-state index contributed by atoms with van der Waals surface area (Å²) in [4.78, 5) is 22.9. The molecule has 6 heteroatoms. The predicted octanol–water partition coefficient (Wildman–Crippen LogP) is 1.35. The molecule has 0 radical (unpaired) electrons. The van der Waals surface area contributed by atoms with Gasteiger partial charge in [-0.05, 0) is 25.7 Å². The number of amides is 2. The molecule has 0 aromatic carbocycles. The lowest BCUT2D eigenvalue weighted by atomic mass is 9.99. The van der Waals surface area contributed by atoms with Crippen molar-refractivity contribution in [1.29, 1.82) is 0 Å². The van der Waals surface area contributed by atoms with Crippen LogP contribution >= 0.6 is 0 Å². The lowest BCUT2D eigenvalue weighted by Gasteiger charge is -2.24. The van der Waals surface area contributed by atoms with E-state index in [1.165, 1.54) is 0 Å². The molecule has 2 unspecified atom stereocenters. The van der Waals surface area contributed by atoms with E-state index < -0.39 is 18.0 Å². The Bertz CT molecular complexity index is 316. The highest BCUT2D eigenvalue weighted by Gasteiger charge is 2.28. The molecule has 1 aliphatic heterocycles. The van der Waals surface area contributed by atoms with Crippen molar-refractivity contribution < 1.29 is 19.4 Å². The van der Waals surface area contributed by atoms with Crippen molar-refractivity contribution in [2.75, 3.05) is 6.61 Å². The van der Waals surface area contributed by atoms with Gasteiger partial charge >= 0.3 is 12.0 Å². The molecule has 1 rings (SSSR count). The number of aliphatic carboxylic acids is 1. The summed E-state index contributed by atoms with van der Waals surface area (Å²) in [5, 5.41) is 14.4. The molecule has 0 aliphatic carbocycles. The molecule has 1 aliphatic rings. The monoisotopic (exact) mass is 272 g/mol. The van der Waals surface area contributed by atoms with Crippen LogP contribution in [0.5, 0.6) is 0 Å². The van der Waals surface area contributed by atoms with E-state index in [9.17, 15) is 9.59 Å². The van der Waals surface area contributed by atoms with Crippen LogP contribution < -0.4 is 10.6 Å². The third-order valence-electron chi connectivity index (χ3n) is 3.65. The van der Waals surface area contributed by atoms with E-state index >= 15 is 0 Å². The highest BCUT2D eigenvalue weighted by atomic mass is 16.5. The molecule has 2 amide bonds. The maximum atomic E-state index is 11.8. The average Bonchev–Trinajstić information content (AvgIpc) is 2.88. The molecular formula is C13H24N2O4. The number of carbonyl (C=O) groups is 2. The van der Waals surface area contributed by atoms with Gasteiger partial charge in [0.05, 0.1) is 12.1 Å². The van der Waals surface area contributed by atoms with Gasteiger partial charge in [-0.15, -0.1) is 0 Å². The van der Waals surface area contributed by atoms with E-state index in [0.717, 1.165) is 19.4 Å². The van der Waals surface area contributed by atoms with Gasteiger partial charge in [0.1, 0.15) is 6.04 Å².